The maximum atomic E-state index is 12.5. The molecule has 0 unspecified atom stereocenters. The molecule has 0 atom stereocenters. The molecule has 4 aromatic heterocycles. The third-order valence-electron chi connectivity index (χ3n) is 5.69. The van der Waals surface area contributed by atoms with Crippen LogP contribution in [-0.4, -0.2) is 35.6 Å². The molecule has 5 rings (SSSR count). The van der Waals surface area contributed by atoms with E-state index in [-0.39, 0.29) is 17.1 Å². The quantitative estimate of drug-likeness (QED) is 0.408. The van der Waals surface area contributed by atoms with Crippen LogP contribution in [0.3, 0.4) is 0 Å². The Balaban J connectivity index is 1.36. The van der Waals surface area contributed by atoms with Crippen molar-refractivity contribution in [2.45, 2.75) is 39.7 Å². The summed E-state index contributed by atoms with van der Waals surface area (Å²) >= 11 is 0. The summed E-state index contributed by atoms with van der Waals surface area (Å²) in [5.41, 5.74) is 6.21. The molecule has 4 heterocycles. The monoisotopic (exact) mass is 467 g/mol. The first kappa shape index (κ1) is 22.4. The highest BCUT2D eigenvalue weighted by Crippen LogP contribution is 2.28. The van der Waals surface area contributed by atoms with E-state index in [1.807, 2.05) is 74.8 Å². The summed E-state index contributed by atoms with van der Waals surface area (Å²) in [6.07, 6.45) is 5.26. The zero-order valence-electron chi connectivity index (χ0n) is 20.0. The zero-order valence-corrected chi connectivity index (χ0v) is 20.0. The summed E-state index contributed by atoms with van der Waals surface area (Å²) in [5.74, 6) is 0.0842. The molecule has 0 spiro atoms. The van der Waals surface area contributed by atoms with Gasteiger partial charge in [-0.2, -0.15) is 10.1 Å². The SMILES string of the molecule is Cc1cc(-c2ncnn3cc(-c4ccccn4)cc23)ccc1CNC(=O)c1noc(C(C)(C)C)n1. The Morgan fingerprint density at radius 3 is 2.66 bits per heavy atom. The minimum Gasteiger partial charge on any atom is -0.345 e. The van der Waals surface area contributed by atoms with Crippen LogP contribution in [0, 0.1) is 6.92 Å². The minimum atomic E-state index is -0.375. The van der Waals surface area contributed by atoms with Crippen molar-refractivity contribution in [2.75, 3.05) is 0 Å². The van der Waals surface area contributed by atoms with Gasteiger partial charge in [0.05, 0.1) is 16.9 Å². The normalized spacial score (nSPS) is 11.7. The molecule has 5 aromatic rings. The maximum absolute atomic E-state index is 12.5. The lowest BCUT2D eigenvalue weighted by Gasteiger charge is -2.10. The van der Waals surface area contributed by atoms with Crippen LogP contribution in [0.5, 0.6) is 0 Å². The van der Waals surface area contributed by atoms with Crippen molar-refractivity contribution in [3.05, 3.63) is 84.0 Å². The first-order valence-electron chi connectivity index (χ1n) is 11.3. The van der Waals surface area contributed by atoms with E-state index < -0.39 is 0 Å². The number of rotatable bonds is 5. The second-order valence-electron chi connectivity index (χ2n) is 9.38. The lowest BCUT2D eigenvalue weighted by molar-refractivity contribution is 0.0937. The number of hydrogen-bond donors (Lipinski definition) is 1. The summed E-state index contributed by atoms with van der Waals surface area (Å²) in [7, 11) is 0. The molecule has 9 heteroatoms. The Morgan fingerprint density at radius 1 is 1.09 bits per heavy atom. The lowest BCUT2D eigenvalue weighted by Crippen LogP contribution is -2.24. The van der Waals surface area contributed by atoms with E-state index in [0.29, 0.717) is 12.4 Å². The number of aryl methyl sites for hydroxylation is 1. The minimum absolute atomic E-state index is 0.0320. The van der Waals surface area contributed by atoms with E-state index in [2.05, 4.69) is 36.6 Å². The van der Waals surface area contributed by atoms with Crippen molar-refractivity contribution in [1.82, 2.24) is 35.0 Å². The largest absolute Gasteiger partial charge is 0.345 e. The zero-order chi connectivity index (χ0) is 24.6. The van der Waals surface area contributed by atoms with Gasteiger partial charge in [0.2, 0.25) is 5.89 Å². The number of carbonyl (C=O) groups is 1. The first-order chi connectivity index (χ1) is 16.8. The highest BCUT2D eigenvalue weighted by Gasteiger charge is 2.24. The molecule has 0 fully saturated rings. The second-order valence-corrected chi connectivity index (χ2v) is 9.38. The Bertz CT molecular complexity index is 1510. The van der Waals surface area contributed by atoms with Gasteiger partial charge in [0.25, 0.3) is 11.7 Å². The van der Waals surface area contributed by atoms with Gasteiger partial charge in [0.15, 0.2) is 0 Å². The van der Waals surface area contributed by atoms with E-state index in [0.717, 1.165) is 39.2 Å². The second kappa shape index (κ2) is 8.75. The van der Waals surface area contributed by atoms with E-state index in [9.17, 15) is 4.79 Å². The molecule has 0 aliphatic heterocycles. The molecule has 0 aliphatic rings. The summed E-state index contributed by atoms with van der Waals surface area (Å²) in [6.45, 7) is 8.20. The number of carbonyl (C=O) groups excluding carboxylic acids is 1. The van der Waals surface area contributed by atoms with Gasteiger partial charge in [-0.1, -0.05) is 44.1 Å². The molecule has 35 heavy (non-hydrogen) atoms. The van der Waals surface area contributed by atoms with E-state index in [4.69, 9.17) is 4.52 Å². The summed E-state index contributed by atoms with van der Waals surface area (Å²) in [4.78, 5) is 25.7. The van der Waals surface area contributed by atoms with Crippen LogP contribution in [0.15, 0.2) is 65.7 Å². The summed E-state index contributed by atoms with van der Waals surface area (Å²) in [5, 5.41) is 11.0. The number of benzene rings is 1. The Labute approximate surface area is 202 Å². The van der Waals surface area contributed by atoms with Crippen molar-refractivity contribution < 1.29 is 9.32 Å². The van der Waals surface area contributed by atoms with Gasteiger partial charge < -0.3 is 9.84 Å². The number of pyridine rings is 1. The standard InChI is InChI=1S/C26H25N7O2/c1-16-11-17(8-9-18(16)13-28-24(34)23-31-25(35-32-23)26(2,3)4)22-21-12-19(14-33(21)30-15-29-22)20-7-5-6-10-27-20/h5-12,14-15H,13H2,1-4H3,(H,28,34). The van der Waals surface area contributed by atoms with Crippen molar-refractivity contribution in [3.8, 4) is 22.5 Å². The van der Waals surface area contributed by atoms with E-state index in [1.54, 1.807) is 12.5 Å². The first-order valence-corrected chi connectivity index (χ1v) is 11.3. The predicted octanol–water partition coefficient (Wildman–Crippen LogP) is 4.38. The van der Waals surface area contributed by atoms with Gasteiger partial charge in [-0.15, -0.1) is 0 Å². The molecular formula is C26H25N7O2. The topological polar surface area (TPSA) is 111 Å². The van der Waals surface area contributed by atoms with Gasteiger partial charge in [0.1, 0.15) is 6.33 Å². The van der Waals surface area contributed by atoms with Crippen LogP contribution in [0.25, 0.3) is 28.0 Å². The van der Waals surface area contributed by atoms with Crippen LogP contribution in [-0.2, 0) is 12.0 Å². The molecule has 0 saturated carbocycles. The molecule has 176 valence electrons. The van der Waals surface area contributed by atoms with Crippen molar-refractivity contribution >= 4 is 11.4 Å². The molecule has 0 aliphatic carbocycles. The number of fused-ring (bicyclic) bond motifs is 1. The molecule has 1 amide bonds. The number of nitrogens with one attached hydrogen (secondary N) is 1. The molecule has 9 nitrogen and oxygen atoms in total. The molecule has 1 aromatic carbocycles. The molecule has 0 bridgehead atoms. The average Bonchev–Trinajstić information content (AvgIpc) is 3.51. The molecule has 0 radical (unpaired) electrons. The molecule has 1 N–H and O–H groups in total. The van der Waals surface area contributed by atoms with Crippen LogP contribution in [0.4, 0.5) is 0 Å². The van der Waals surface area contributed by atoms with Crippen LogP contribution in [0.1, 0.15) is 48.4 Å². The van der Waals surface area contributed by atoms with Crippen LogP contribution in [0.2, 0.25) is 0 Å². The van der Waals surface area contributed by atoms with Gasteiger partial charge in [-0.05, 0) is 42.3 Å². The van der Waals surface area contributed by atoms with Crippen molar-refractivity contribution in [3.63, 3.8) is 0 Å². The predicted molar refractivity (Wildman–Crippen MR) is 131 cm³/mol. The van der Waals surface area contributed by atoms with E-state index in [1.165, 1.54) is 0 Å². The summed E-state index contributed by atoms with van der Waals surface area (Å²) < 4.78 is 7.03. The lowest BCUT2D eigenvalue weighted by atomic mass is 9.97. The van der Waals surface area contributed by atoms with Gasteiger partial charge in [0, 0.05) is 35.5 Å². The summed E-state index contributed by atoms with van der Waals surface area (Å²) in [6, 6.07) is 13.9. The number of nitrogens with zero attached hydrogens (tertiary/aromatic N) is 6. The van der Waals surface area contributed by atoms with Gasteiger partial charge >= 0.3 is 0 Å². The van der Waals surface area contributed by atoms with Crippen molar-refractivity contribution in [1.29, 1.82) is 0 Å². The Hall–Kier alpha value is -4.40. The fraction of sp³-hybridized carbons (Fsp3) is 0.231. The Kier molecular flexibility index (Phi) is 5.60. The fourth-order valence-electron chi connectivity index (χ4n) is 3.74. The number of amides is 1. The smallest absolute Gasteiger partial charge is 0.292 e. The number of hydrogen-bond acceptors (Lipinski definition) is 7. The van der Waals surface area contributed by atoms with Gasteiger partial charge in [-0.3, -0.25) is 9.78 Å². The number of aromatic nitrogens is 6. The average molecular weight is 468 g/mol. The third kappa shape index (κ3) is 4.52. The van der Waals surface area contributed by atoms with Crippen molar-refractivity contribution in [2.24, 2.45) is 0 Å². The highest BCUT2D eigenvalue weighted by atomic mass is 16.5. The Morgan fingerprint density at radius 2 is 1.94 bits per heavy atom. The van der Waals surface area contributed by atoms with Crippen LogP contribution >= 0.6 is 0 Å². The third-order valence-corrected chi connectivity index (χ3v) is 5.69. The van der Waals surface area contributed by atoms with Gasteiger partial charge in [-0.25, -0.2) is 9.50 Å². The molecule has 0 saturated heterocycles. The fourth-order valence-corrected chi connectivity index (χ4v) is 3.74. The van der Waals surface area contributed by atoms with E-state index >= 15 is 0 Å². The maximum Gasteiger partial charge on any atom is 0.292 e. The van der Waals surface area contributed by atoms with Crippen LogP contribution < -0.4 is 5.32 Å². The highest BCUT2D eigenvalue weighted by molar-refractivity contribution is 5.90. The molecular weight excluding hydrogens is 442 g/mol.